The van der Waals surface area contributed by atoms with Crippen LogP contribution in [-0.2, 0) is 18.3 Å². The van der Waals surface area contributed by atoms with Crippen LogP contribution in [0.2, 0.25) is 0 Å². The topological polar surface area (TPSA) is 135 Å². The van der Waals surface area contributed by atoms with E-state index in [1.165, 1.54) is 5.56 Å². The third kappa shape index (κ3) is 4.64. The molecule has 2 saturated heterocycles. The summed E-state index contributed by atoms with van der Waals surface area (Å²) in [7, 11) is 2.15. The number of aryl methyl sites for hydroxylation is 1. The van der Waals surface area contributed by atoms with Crippen LogP contribution < -0.4 is 20.5 Å². The molecule has 0 amide bonds. The van der Waals surface area contributed by atoms with Gasteiger partial charge in [0.25, 0.3) is 0 Å². The van der Waals surface area contributed by atoms with Crippen molar-refractivity contribution in [2.45, 2.75) is 101 Å². The largest absolute Gasteiger partial charge is 0.473 e. The van der Waals surface area contributed by atoms with Crippen LogP contribution in [0.5, 0.6) is 11.8 Å². The molecule has 10 nitrogen and oxygen atoms in total. The van der Waals surface area contributed by atoms with Crippen molar-refractivity contribution >= 4 is 5.69 Å². The number of anilines is 1. The third-order valence-electron chi connectivity index (χ3n) is 10.3. The normalized spacial score (nSPS) is 26.7. The van der Waals surface area contributed by atoms with Crippen LogP contribution in [0.15, 0.2) is 22.7 Å². The highest BCUT2D eigenvalue weighted by atomic mass is 16.5. The van der Waals surface area contributed by atoms with E-state index in [1.54, 1.807) is 6.07 Å². The third-order valence-corrected chi connectivity index (χ3v) is 10.3. The van der Waals surface area contributed by atoms with Gasteiger partial charge in [0, 0.05) is 23.8 Å². The summed E-state index contributed by atoms with van der Waals surface area (Å²) in [5, 5.41) is 18.2. The van der Waals surface area contributed by atoms with E-state index in [2.05, 4.69) is 55.3 Å². The van der Waals surface area contributed by atoms with Crippen LogP contribution in [-0.4, -0.2) is 64.0 Å². The second kappa shape index (κ2) is 10.5. The molecule has 2 fully saturated rings. The van der Waals surface area contributed by atoms with Crippen LogP contribution in [0, 0.1) is 11.3 Å². The van der Waals surface area contributed by atoms with Crippen molar-refractivity contribution in [3.63, 3.8) is 0 Å². The van der Waals surface area contributed by atoms with E-state index in [9.17, 15) is 5.26 Å². The molecule has 0 unspecified atom stereocenters. The van der Waals surface area contributed by atoms with Crippen molar-refractivity contribution in [3.05, 3.63) is 46.2 Å². The standard InChI is InChI=1S/C33H41N7O3/c1-19(24-10-7-15-40(24)4)41-26-16-27(42-25-18-36-32(25,2)3)38-31(37-26)29-21-9-6-14-33(30(21)43-39-29)13-5-8-20-11-12-23(35)22(17-34)28(20)33/h11-12,16,19,24-25,36H,5-10,13-15,18,35H2,1-4H3/t19-,24-,25+,33+/m0/s1. The fourth-order valence-electron chi connectivity index (χ4n) is 7.85. The number of nitrogens with zero attached hydrogens (tertiary/aromatic N) is 5. The van der Waals surface area contributed by atoms with Gasteiger partial charge in [0.15, 0.2) is 17.3 Å². The molecule has 226 valence electrons. The number of rotatable bonds is 6. The number of hydrogen-bond acceptors (Lipinski definition) is 10. The summed E-state index contributed by atoms with van der Waals surface area (Å²) in [4.78, 5) is 12.1. The summed E-state index contributed by atoms with van der Waals surface area (Å²) in [5.41, 5.74) is 10.6. The van der Waals surface area contributed by atoms with E-state index in [0.29, 0.717) is 40.6 Å². The number of aromatic nitrogens is 3. The number of nitrogen functional groups attached to an aromatic ring is 1. The molecule has 1 spiro atoms. The molecule has 0 saturated carbocycles. The molecular formula is C33H41N7O3. The Bertz CT molecular complexity index is 1590. The van der Waals surface area contributed by atoms with Gasteiger partial charge in [-0.1, -0.05) is 11.2 Å². The zero-order chi connectivity index (χ0) is 29.9. The van der Waals surface area contributed by atoms with Crippen molar-refractivity contribution < 1.29 is 14.0 Å². The number of nitrogens with two attached hydrogens (primary N) is 1. The fourth-order valence-corrected chi connectivity index (χ4v) is 7.85. The second-order valence-electron chi connectivity index (χ2n) is 13.4. The van der Waals surface area contributed by atoms with Gasteiger partial charge in [0.05, 0.1) is 22.6 Å². The molecule has 4 heterocycles. The zero-order valence-corrected chi connectivity index (χ0v) is 25.6. The second-order valence-corrected chi connectivity index (χ2v) is 13.4. The van der Waals surface area contributed by atoms with Crippen molar-refractivity contribution in [1.82, 2.24) is 25.3 Å². The Kier molecular flexibility index (Phi) is 6.86. The van der Waals surface area contributed by atoms with Gasteiger partial charge in [0.1, 0.15) is 18.3 Å². The van der Waals surface area contributed by atoms with Crippen molar-refractivity contribution in [1.29, 1.82) is 5.26 Å². The summed E-state index contributed by atoms with van der Waals surface area (Å²) in [6.45, 7) is 8.17. The van der Waals surface area contributed by atoms with E-state index in [0.717, 1.165) is 81.3 Å². The molecule has 4 aliphatic rings. The van der Waals surface area contributed by atoms with Gasteiger partial charge in [-0.25, -0.2) is 0 Å². The van der Waals surface area contributed by atoms with E-state index < -0.39 is 5.41 Å². The Balaban J connectivity index is 1.30. The smallest absolute Gasteiger partial charge is 0.221 e. The lowest BCUT2D eigenvalue weighted by atomic mass is 9.61. The van der Waals surface area contributed by atoms with Crippen LogP contribution in [0.25, 0.3) is 11.5 Å². The minimum Gasteiger partial charge on any atom is -0.473 e. The minimum atomic E-state index is -0.441. The summed E-state index contributed by atoms with van der Waals surface area (Å²) >= 11 is 0. The van der Waals surface area contributed by atoms with Crippen molar-refractivity contribution in [3.8, 4) is 29.3 Å². The van der Waals surface area contributed by atoms with Crippen LogP contribution in [0.4, 0.5) is 5.69 Å². The predicted molar refractivity (Wildman–Crippen MR) is 162 cm³/mol. The molecule has 2 aliphatic carbocycles. The van der Waals surface area contributed by atoms with Gasteiger partial charge in [-0.15, -0.1) is 0 Å². The van der Waals surface area contributed by atoms with E-state index in [4.69, 9.17) is 29.7 Å². The van der Waals surface area contributed by atoms with E-state index >= 15 is 0 Å². The SMILES string of the molecule is C[C@H](Oc1cc(O[C@@H]2CNC2(C)C)nc(-c2noc3c2CCC[C@@]32CCCc3ccc(N)c(C#N)c32)n1)[C@@H]1CCCN1C. The highest BCUT2D eigenvalue weighted by Crippen LogP contribution is 2.53. The zero-order valence-electron chi connectivity index (χ0n) is 25.6. The highest BCUT2D eigenvalue weighted by molar-refractivity contribution is 5.67. The molecule has 4 atom stereocenters. The van der Waals surface area contributed by atoms with Crippen molar-refractivity contribution in [2.75, 3.05) is 25.9 Å². The Labute approximate surface area is 252 Å². The number of benzene rings is 1. The first-order chi connectivity index (χ1) is 20.7. The number of ether oxygens (including phenoxy) is 2. The van der Waals surface area contributed by atoms with Gasteiger partial charge in [-0.3, -0.25) is 4.90 Å². The van der Waals surface area contributed by atoms with Crippen LogP contribution >= 0.6 is 0 Å². The molecule has 3 aromatic rings. The summed E-state index contributed by atoms with van der Waals surface area (Å²) in [5.74, 6) is 2.20. The molecule has 7 rings (SSSR count). The molecule has 2 aliphatic heterocycles. The minimum absolute atomic E-state index is 0.0235. The molecule has 43 heavy (non-hydrogen) atoms. The first kappa shape index (κ1) is 28.1. The maximum absolute atomic E-state index is 10.1. The average Bonchev–Trinajstić information content (AvgIpc) is 3.63. The Hall–Kier alpha value is -3.68. The maximum Gasteiger partial charge on any atom is 0.221 e. The Morgan fingerprint density at radius 3 is 2.65 bits per heavy atom. The number of nitrogens with one attached hydrogen (secondary N) is 1. The van der Waals surface area contributed by atoms with Gasteiger partial charge in [-0.2, -0.15) is 15.2 Å². The predicted octanol–water partition coefficient (Wildman–Crippen LogP) is 4.53. The first-order valence-corrected chi connectivity index (χ1v) is 15.7. The molecule has 0 radical (unpaired) electrons. The molecule has 2 aromatic heterocycles. The Morgan fingerprint density at radius 2 is 1.95 bits per heavy atom. The van der Waals surface area contributed by atoms with E-state index in [-0.39, 0.29) is 17.7 Å². The lowest BCUT2D eigenvalue weighted by Crippen LogP contribution is -2.67. The van der Waals surface area contributed by atoms with Gasteiger partial charge < -0.3 is 25.0 Å². The number of hydrogen-bond donors (Lipinski definition) is 2. The average molecular weight is 584 g/mol. The lowest BCUT2D eigenvalue weighted by molar-refractivity contribution is 0.0261. The van der Waals surface area contributed by atoms with Crippen LogP contribution in [0.3, 0.4) is 0 Å². The van der Waals surface area contributed by atoms with Crippen molar-refractivity contribution in [2.24, 2.45) is 0 Å². The number of fused-ring (bicyclic) bond motifs is 4. The van der Waals surface area contributed by atoms with E-state index in [1.807, 2.05) is 6.07 Å². The molecule has 3 N–H and O–H groups in total. The first-order valence-electron chi connectivity index (χ1n) is 15.7. The number of likely N-dealkylation sites (N-methyl/N-ethyl adjacent to an activating group) is 1. The Morgan fingerprint density at radius 1 is 1.16 bits per heavy atom. The monoisotopic (exact) mass is 583 g/mol. The van der Waals surface area contributed by atoms with Gasteiger partial charge >= 0.3 is 0 Å². The quantitative estimate of drug-likeness (QED) is 0.398. The molecular weight excluding hydrogens is 542 g/mol. The maximum atomic E-state index is 10.1. The van der Waals surface area contributed by atoms with Gasteiger partial charge in [-0.05, 0) is 103 Å². The molecule has 0 bridgehead atoms. The number of likely N-dealkylation sites (tertiary alicyclic amines) is 1. The lowest BCUT2D eigenvalue weighted by Gasteiger charge is -2.44. The summed E-state index contributed by atoms with van der Waals surface area (Å²) in [6, 6.07) is 8.46. The summed E-state index contributed by atoms with van der Waals surface area (Å²) < 4.78 is 19.1. The molecule has 10 heteroatoms. The fraction of sp³-hybridized carbons (Fsp3) is 0.576. The highest BCUT2D eigenvalue weighted by Gasteiger charge is 2.48. The summed E-state index contributed by atoms with van der Waals surface area (Å²) in [6.07, 6.45) is 7.61. The van der Waals surface area contributed by atoms with Crippen LogP contribution in [0.1, 0.15) is 87.3 Å². The molecule has 1 aromatic carbocycles. The number of nitriles is 1. The van der Waals surface area contributed by atoms with Gasteiger partial charge in [0.2, 0.25) is 11.8 Å².